The number of fused-ring (bicyclic) bond motifs is 1. The first-order valence-corrected chi connectivity index (χ1v) is 6.86. The van der Waals surface area contributed by atoms with Gasteiger partial charge >= 0.3 is 0 Å². The Hall–Kier alpha value is -1.22. The van der Waals surface area contributed by atoms with E-state index in [-0.39, 0.29) is 5.78 Å². The predicted molar refractivity (Wildman–Crippen MR) is 72.0 cm³/mol. The molecule has 2 N–H and O–H groups in total. The minimum absolute atomic E-state index is 0.0969. The molecule has 2 nitrogen and oxygen atoms in total. The van der Waals surface area contributed by atoms with Gasteiger partial charge in [0, 0.05) is 16.2 Å². The van der Waals surface area contributed by atoms with Crippen LogP contribution in [0.1, 0.15) is 43.0 Å². The minimum atomic E-state index is 0.0969. The summed E-state index contributed by atoms with van der Waals surface area (Å²) in [4.78, 5) is 13.9. The number of hydrogen-bond acceptors (Lipinski definition) is 3. The fourth-order valence-electron chi connectivity index (χ4n) is 1.91. The van der Waals surface area contributed by atoms with Crippen LogP contribution >= 0.6 is 11.8 Å². The van der Waals surface area contributed by atoms with E-state index in [2.05, 4.69) is 6.92 Å². The molecule has 1 aromatic carbocycles. The molecule has 2 rings (SSSR count). The molecule has 0 bridgehead atoms. The molecule has 0 aromatic heterocycles. The quantitative estimate of drug-likeness (QED) is 0.651. The van der Waals surface area contributed by atoms with Gasteiger partial charge in [-0.25, -0.2) is 0 Å². The summed E-state index contributed by atoms with van der Waals surface area (Å²) in [6.45, 7) is 2.16. The first-order chi connectivity index (χ1) is 8.24. The van der Waals surface area contributed by atoms with Crippen LogP contribution in [-0.4, -0.2) is 5.78 Å². The monoisotopic (exact) mass is 247 g/mol. The molecule has 0 radical (unpaired) electrons. The van der Waals surface area contributed by atoms with Gasteiger partial charge in [-0.2, -0.15) is 0 Å². The highest BCUT2D eigenvalue weighted by Crippen LogP contribution is 2.41. The van der Waals surface area contributed by atoms with Crippen molar-refractivity contribution in [3.05, 3.63) is 40.4 Å². The summed E-state index contributed by atoms with van der Waals surface area (Å²) in [5.41, 5.74) is 7.58. The average molecular weight is 247 g/mol. The lowest BCUT2D eigenvalue weighted by molar-refractivity contribution is 0.104. The maximum absolute atomic E-state index is 12.1. The Labute approximate surface area is 106 Å². The van der Waals surface area contributed by atoms with E-state index in [1.165, 1.54) is 24.6 Å². The summed E-state index contributed by atoms with van der Waals surface area (Å²) >= 11 is 1.52. The zero-order valence-electron chi connectivity index (χ0n) is 10.0. The van der Waals surface area contributed by atoms with Crippen LogP contribution in [0.4, 0.5) is 0 Å². The fraction of sp³-hybridized carbons (Fsp3) is 0.357. The van der Waals surface area contributed by atoms with Gasteiger partial charge in [0.25, 0.3) is 0 Å². The molecule has 0 aliphatic carbocycles. The zero-order chi connectivity index (χ0) is 12.3. The first kappa shape index (κ1) is 12.2. The number of nitrogens with two attached hydrogens (primary N) is 1. The third kappa shape index (κ3) is 2.55. The van der Waals surface area contributed by atoms with Crippen LogP contribution in [0.5, 0.6) is 0 Å². The Morgan fingerprint density at radius 3 is 2.76 bits per heavy atom. The van der Waals surface area contributed by atoms with E-state index in [1.54, 1.807) is 0 Å². The zero-order valence-corrected chi connectivity index (χ0v) is 10.8. The van der Waals surface area contributed by atoms with Gasteiger partial charge in [-0.1, -0.05) is 43.7 Å². The molecule has 1 aromatic rings. The van der Waals surface area contributed by atoms with Gasteiger partial charge in [0.05, 0.1) is 4.91 Å². The number of ketones is 1. The molecule has 0 saturated heterocycles. The molecule has 0 atom stereocenters. The SMILES string of the molecule is CCCCC/C(N)=C1\Sc2ccccc2C1=O. The van der Waals surface area contributed by atoms with Gasteiger partial charge in [-0.05, 0) is 25.0 Å². The van der Waals surface area contributed by atoms with Crippen LogP contribution in [-0.2, 0) is 0 Å². The molecule has 0 saturated carbocycles. The standard InChI is InChI=1S/C14H17NOS/c1-2-3-4-8-11(15)14-13(16)10-7-5-6-9-12(10)17-14/h5-7,9H,2-4,8,15H2,1H3/b14-11+. The van der Waals surface area contributed by atoms with Crippen molar-refractivity contribution in [1.29, 1.82) is 0 Å². The van der Waals surface area contributed by atoms with Crippen LogP contribution in [0.3, 0.4) is 0 Å². The van der Waals surface area contributed by atoms with Crippen molar-refractivity contribution in [1.82, 2.24) is 0 Å². The Morgan fingerprint density at radius 2 is 2.06 bits per heavy atom. The van der Waals surface area contributed by atoms with E-state index in [0.717, 1.165) is 33.9 Å². The molecule has 1 aliphatic heterocycles. The lowest BCUT2D eigenvalue weighted by Gasteiger charge is -2.03. The molecule has 1 aliphatic rings. The predicted octanol–water partition coefficient (Wildman–Crippen LogP) is 3.73. The second kappa shape index (κ2) is 5.41. The number of allylic oxidation sites excluding steroid dienone is 2. The van der Waals surface area contributed by atoms with E-state index >= 15 is 0 Å². The van der Waals surface area contributed by atoms with Gasteiger partial charge < -0.3 is 5.73 Å². The third-order valence-electron chi connectivity index (χ3n) is 2.89. The van der Waals surface area contributed by atoms with Crippen molar-refractivity contribution < 1.29 is 4.79 Å². The lowest BCUT2D eigenvalue weighted by atomic mass is 10.1. The van der Waals surface area contributed by atoms with Gasteiger partial charge in [-0.15, -0.1) is 0 Å². The lowest BCUT2D eigenvalue weighted by Crippen LogP contribution is -2.05. The van der Waals surface area contributed by atoms with Gasteiger partial charge in [0.1, 0.15) is 0 Å². The van der Waals surface area contributed by atoms with Crippen molar-refractivity contribution in [2.45, 2.75) is 37.5 Å². The summed E-state index contributed by atoms with van der Waals surface area (Å²) in [7, 11) is 0. The normalized spacial score (nSPS) is 17.1. The van der Waals surface area contributed by atoms with Crippen molar-refractivity contribution in [3.8, 4) is 0 Å². The molecule has 0 amide bonds. The number of benzene rings is 1. The summed E-state index contributed by atoms with van der Waals surface area (Å²) < 4.78 is 0. The van der Waals surface area contributed by atoms with Crippen molar-refractivity contribution in [3.63, 3.8) is 0 Å². The smallest absolute Gasteiger partial charge is 0.202 e. The molecular formula is C14H17NOS. The van der Waals surface area contributed by atoms with Crippen LogP contribution < -0.4 is 5.73 Å². The Balaban J connectivity index is 2.15. The third-order valence-corrected chi connectivity index (χ3v) is 4.12. The Morgan fingerprint density at radius 1 is 1.29 bits per heavy atom. The number of rotatable bonds is 4. The van der Waals surface area contributed by atoms with Crippen LogP contribution in [0.25, 0.3) is 0 Å². The minimum Gasteiger partial charge on any atom is -0.401 e. The summed E-state index contributed by atoms with van der Waals surface area (Å²) in [5.74, 6) is 0.0969. The van der Waals surface area contributed by atoms with Gasteiger partial charge in [0.2, 0.25) is 5.78 Å². The number of unbranched alkanes of at least 4 members (excludes halogenated alkanes) is 2. The van der Waals surface area contributed by atoms with Gasteiger partial charge in [-0.3, -0.25) is 4.79 Å². The van der Waals surface area contributed by atoms with E-state index in [4.69, 9.17) is 5.73 Å². The number of Topliss-reactive ketones (excluding diaryl/α,β-unsaturated/α-hetero) is 1. The highest BCUT2D eigenvalue weighted by atomic mass is 32.2. The second-order valence-corrected chi connectivity index (χ2v) is 5.29. The fourth-order valence-corrected chi connectivity index (χ4v) is 2.99. The number of carbonyl (C=O) groups excluding carboxylic acids is 1. The summed E-state index contributed by atoms with van der Waals surface area (Å²) in [5, 5.41) is 0. The van der Waals surface area contributed by atoms with Crippen LogP contribution in [0.15, 0.2) is 39.8 Å². The number of carbonyl (C=O) groups is 1. The molecule has 90 valence electrons. The number of hydrogen-bond donors (Lipinski definition) is 1. The first-order valence-electron chi connectivity index (χ1n) is 6.04. The van der Waals surface area contributed by atoms with E-state index in [1.807, 2.05) is 24.3 Å². The summed E-state index contributed by atoms with van der Waals surface area (Å²) in [6.07, 6.45) is 4.23. The van der Waals surface area contributed by atoms with Crippen molar-refractivity contribution >= 4 is 17.5 Å². The molecule has 1 heterocycles. The topological polar surface area (TPSA) is 43.1 Å². The van der Waals surface area contributed by atoms with E-state index in [9.17, 15) is 4.79 Å². The number of thioether (sulfide) groups is 1. The molecule has 0 fully saturated rings. The molecule has 0 unspecified atom stereocenters. The highest BCUT2D eigenvalue weighted by Gasteiger charge is 2.27. The molecule has 0 spiro atoms. The molecule has 3 heteroatoms. The molecule has 17 heavy (non-hydrogen) atoms. The van der Waals surface area contributed by atoms with E-state index in [0.29, 0.717) is 0 Å². The van der Waals surface area contributed by atoms with Crippen LogP contribution in [0.2, 0.25) is 0 Å². The Bertz CT molecular complexity index is 465. The van der Waals surface area contributed by atoms with E-state index < -0.39 is 0 Å². The van der Waals surface area contributed by atoms with Gasteiger partial charge in [0.15, 0.2) is 0 Å². The second-order valence-electron chi connectivity index (χ2n) is 4.24. The average Bonchev–Trinajstić information content (AvgIpc) is 2.68. The van der Waals surface area contributed by atoms with Crippen molar-refractivity contribution in [2.75, 3.05) is 0 Å². The van der Waals surface area contributed by atoms with Crippen LogP contribution in [0, 0.1) is 0 Å². The maximum atomic E-state index is 12.1. The van der Waals surface area contributed by atoms with Crippen molar-refractivity contribution in [2.24, 2.45) is 5.73 Å². The summed E-state index contributed by atoms with van der Waals surface area (Å²) in [6, 6.07) is 7.70. The largest absolute Gasteiger partial charge is 0.401 e. The highest BCUT2D eigenvalue weighted by molar-refractivity contribution is 8.04. The Kier molecular flexibility index (Phi) is 3.89. The molecular weight excluding hydrogens is 230 g/mol. The maximum Gasteiger partial charge on any atom is 0.202 e.